The quantitative estimate of drug-likeness (QED) is 0.707. The number of fused-ring (bicyclic) bond motifs is 1. The van der Waals surface area contributed by atoms with Crippen LogP contribution in [0.4, 0.5) is 0 Å². The molecule has 0 atom stereocenters. The minimum absolute atomic E-state index is 0.0680. The Kier molecular flexibility index (Phi) is 2.84. The number of hydrogen-bond donors (Lipinski definition) is 0. The van der Waals surface area contributed by atoms with Crippen molar-refractivity contribution in [2.75, 3.05) is 0 Å². The summed E-state index contributed by atoms with van der Waals surface area (Å²) in [6.45, 7) is 0.428. The second-order valence-electron chi connectivity index (χ2n) is 4.58. The first-order valence-electron chi connectivity index (χ1n) is 6.20. The molecule has 0 aliphatic heterocycles. The molecule has 0 bridgehead atoms. The first-order valence-corrected chi connectivity index (χ1v) is 6.20. The maximum Gasteiger partial charge on any atom is 0.329 e. The van der Waals surface area contributed by atoms with Crippen molar-refractivity contribution >= 4 is 11.0 Å². The van der Waals surface area contributed by atoms with E-state index in [4.69, 9.17) is 5.26 Å². The number of aromatic nitrogens is 3. The van der Waals surface area contributed by atoms with Crippen LogP contribution >= 0.6 is 0 Å². The summed E-state index contributed by atoms with van der Waals surface area (Å²) in [4.78, 5) is 16.2. The Morgan fingerprint density at radius 3 is 2.75 bits per heavy atom. The van der Waals surface area contributed by atoms with Crippen LogP contribution in [0.2, 0.25) is 0 Å². The molecule has 0 saturated carbocycles. The molecule has 0 aliphatic carbocycles. The van der Waals surface area contributed by atoms with Crippen molar-refractivity contribution in [3.05, 3.63) is 64.3 Å². The molecule has 0 unspecified atom stereocenters. The second-order valence-corrected chi connectivity index (χ2v) is 4.58. The summed E-state index contributed by atoms with van der Waals surface area (Å²) in [6.07, 6.45) is 1.59. The maximum absolute atomic E-state index is 12.3. The van der Waals surface area contributed by atoms with Gasteiger partial charge in [0.25, 0.3) is 0 Å². The number of para-hydroxylation sites is 2. The highest BCUT2D eigenvalue weighted by molar-refractivity contribution is 5.75. The fraction of sp³-hybridized carbons (Fsp3) is 0.133. The van der Waals surface area contributed by atoms with Gasteiger partial charge in [0, 0.05) is 13.2 Å². The van der Waals surface area contributed by atoms with Crippen LogP contribution in [0, 0.1) is 11.3 Å². The molecule has 3 rings (SSSR count). The topological polar surface area (TPSA) is 63.6 Å². The lowest BCUT2D eigenvalue weighted by atomic mass is 10.2. The van der Waals surface area contributed by atoms with Crippen LogP contribution < -0.4 is 5.69 Å². The monoisotopic (exact) mass is 264 g/mol. The summed E-state index contributed by atoms with van der Waals surface area (Å²) in [7, 11) is 1.76. The first-order chi connectivity index (χ1) is 9.70. The Labute approximate surface area is 115 Å². The van der Waals surface area contributed by atoms with Crippen LogP contribution in [0.25, 0.3) is 11.0 Å². The van der Waals surface area contributed by atoms with Crippen molar-refractivity contribution in [3.63, 3.8) is 0 Å². The molecule has 0 amide bonds. The largest absolute Gasteiger partial charge is 0.329 e. The van der Waals surface area contributed by atoms with Crippen molar-refractivity contribution in [2.45, 2.75) is 6.54 Å². The first kappa shape index (κ1) is 12.2. The van der Waals surface area contributed by atoms with Crippen molar-refractivity contribution in [1.82, 2.24) is 14.1 Å². The van der Waals surface area contributed by atoms with Gasteiger partial charge in [-0.3, -0.25) is 9.13 Å². The predicted octanol–water partition coefficient (Wildman–Crippen LogP) is 1.65. The summed E-state index contributed by atoms with van der Waals surface area (Å²) >= 11 is 0. The van der Waals surface area contributed by atoms with E-state index in [1.807, 2.05) is 36.4 Å². The molecule has 5 heteroatoms. The van der Waals surface area contributed by atoms with Crippen LogP contribution in [0.15, 0.2) is 47.4 Å². The second kappa shape index (κ2) is 4.67. The van der Waals surface area contributed by atoms with Gasteiger partial charge in [-0.2, -0.15) is 5.26 Å². The van der Waals surface area contributed by atoms with Crippen molar-refractivity contribution < 1.29 is 0 Å². The van der Waals surface area contributed by atoms with Crippen LogP contribution in [0.3, 0.4) is 0 Å². The van der Waals surface area contributed by atoms with E-state index in [0.29, 0.717) is 12.2 Å². The Balaban J connectivity index is 2.14. The molecule has 2 heterocycles. The van der Waals surface area contributed by atoms with Gasteiger partial charge in [0.05, 0.1) is 17.6 Å². The van der Waals surface area contributed by atoms with Crippen LogP contribution in [-0.4, -0.2) is 14.1 Å². The number of imidazole rings is 1. The smallest absolute Gasteiger partial charge is 0.295 e. The van der Waals surface area contributed by atoms with Gasteiger partial charge in [-0.15, -0.1) is 0 Å². The third kappa shape index (κ3) is 1.88. The van der Waals surface area contributed by atoms with Crippen molar-refractivity contribution in [3.8, 4) is 6.07 Å². The Hall–Kier alpha value is -2.87. The summed E-state index contributed by atoms with van der Waals surface area (Å²) in [5, 5.41) is 8.87. The van der Waals surface area contributed by atoms with Crippen LogP contribution in [-0.2, 0) is 13.6 Å². The normalized spacial score (nSPS) is 10.6. The lowest BCUT2D eigenvalue weighted by Gasteiger charge is -2.03. The molecule has 1 aromatic carbocycles. The lowest BCUT2D eigenvalue weighted by molar-refractivity contribution is 0.735. The lowest BCUT2D eigenvalue weighted by Crippen LogP contribution is -2.22. The number of hydrogen-bond acceptors (Lipinski definition) is 3. The fourth-order valence-corrected chi connectivity index (χ4v) is 2.33. The summed E-state index contributed by atoms with van der Waals surface area (Å²) in [5.41, 5.74) is 2.95. The molecule has 20 heavy (non-hydrogen) atoms. The Bertz CT molecular complexity index is 883. The molecular formula is C15H12N4O. The Morgan fingerprint density at radius 2 is 2.00 bits per heavy atom. The molecule has 0 fully saturated rings. The van der Waals surface area contributed by atoms with Crippen molar-refractivity contribution in [2.24, 2.45) is 7.05 Å². The van der Waals surface area contributed by atoms with Gasteiger partial charge in [-0.1, -0.05) is 12.1 Å². The van der Waals surface area contributed by atoms with E-state index in [0.717, 1.165) is 16.6 Å². The highest BCUT2D eigenvalue weighted by atomic mass is 16.1. The van der Waals surface area contributed by atoms with E-state index in [1.54, 1.807) is 28.4 Å². The fourth-order valence-electron chi connectivity index (χ4n) is 2.33. The number of pyridine rings is 1. The molecule has 0 spiro atoms. The van der Waals surface area contributed by atoms with E-state index in [1.165, 1.54) is 0 Å². The number of nitrogens with zero attached hydrogens (tertiary/aromatic N) is 4. The SMILES string of the molecule is Cn1c(=O)n(Cc2ccnc(C#N)c2)c2ccccc21. The van der Waals surface area contributed by atoms with E-state index >= 15 is 0 Å². The maximum atomic E-state index is 12.3. The molecule has 0 aliphatic rings. The number of rotatable bonds is 2. The average molecular weight is 264 g/mol. The zero-order valence-electron chi connectivity index (χ0n) is 10.9. The van der Waals surface area contributed by atoms with Gasteiger partial charge in [0.2, 0.25) is 0 Å². The van der Waals surface area contributed by atoms with Crippen LogP contribution in [0.5, 0.6) is 0 Å². The molecular weight excluding hydrogens is 252 g/mol. The van der Waals surface area contributed by atoms with Gasteiger partial charge < -0.3 is 0 Å². The number of benzene rings is 1. The molecule has 98 valence electrons. The standard InChI is InChI=1S/C15H12N4O/c1-18-13-4-2-3-5-14(13)19(15(18)20)10-11-6-7-17-12(8-11)9-16/h2-8H,10H2,1H3. The zero-order valence-corrected chi connectivity index (χ0v) is 10.9. The third-order valence-electron chi connectivity index (χ3n) is 3.33. The third-order valence-corrected chi connectivity index (χ3v) is 3.33. The molecule has 0 radical (unpaired) electrons. The number of aryl methyl sites for hydroxylation is 1. The Morgan fingerprint density at radius 1 is 1.25 bits per heavy atom. The predicted molar refractivity (Wildman–Crippen MR) is 75.2 cm³/mol. The highest BCUT2D eigenvalue weighted by Crippen LogP contribution is 2.13. The highest BCUT2D eigenvalue weighted by Gasteiger charge is 2.10. The van der Waals surface area contributed by atoms with Gasteiger partial charge in [-0.25, -0.2) is 9.78 Å². The van der Waals surface area contributed by atoms with E-state index in [2.05, 4.69) is 4.98 Å². The van der Waals surface area contributed by atoms with Crippen molar-refractivity contribution in [1.29, 1.82) is 5.26 Å². The van der Waals surface area contributed by atoms with E-state index in [-0.39, 0.29) is 5.69 Å². The average Bonchev–Trinajstić information content (AvgIpc) is 2.73. The van der Waals surface area contributed by atoms with Gasteiger partial charge >= 0.3 is 5.69 Å². The minimum atomic E-state index is -0.0680. The number of nitriles is 1. The summed E-state index contributed by atoms with van der Waals surface area (Å²) in [6, 6.07) is 13.2. The van der Waals surface area contributed by atoms with E-state index < -0.39 is 0 Å². The van der Waals surface area contributed by atoms with Crippen LogP contribution in [0.1, 0.15) is 11.3 Å². The minimum Gasteiger partial charge on any atom is -0.295 e. The molecule has 2 aromatic heterocycles. The molecule has 3 aromatic rings. The summed E-state index contributed by atoms with van der Waals surface area (Å²) < 4.78 is 3.33. The molecule has 5 nitrogen and oxygen atoms in total. The van der Waals surface area contributed by atoms with Gasteiger partial charge in [0.1, 0.15) is 11.8 Å². The van der Waals surface area contributed by atoms with Gasteiger partial charge in [-0.05, 0) is 29.8 Å². The van der Waals surface area contributed by atoms with E-state index in [9.17, 15) is 4.79 Å². The molecule has 0 saturated heterocycles. The summed E-state index contributed by atoms with van der Waals surface area (Å²) in [5.74, 6) is 0. The zero-order chi connectivity index (χ0) is 14.1. The van der Waals surface area contributed by atoms with Gasteiger partial charge in [0.15, 0.2) is 0 Å². The molecule has 0 N–H and O–H groups in total.